The van der Waals surface area contributed by atoms with E-state index in [0.717, 1.165) is 34.9 Å². The number of nitrogens with zero attached hydrogens (tertiary/aromatic N) is 1. The molecular weight excluding hydrogens is 376 g/mol. The lowest BCUT2D eigenvalue weighted by Gasteiger charge is -2.09. The molecule has 1 aliphatic rings. The molecule has 3 aromatic rings. The van der Waals surface area contributed by atoms with Gasteiger partial charge in [0.15, 0.2) is 5.82 Å². The SMILES string of the molecule is CC(C)C(=O)Nc1n[nH]c2cc(-c3cccc(NS(=O)(=O)C4CC4)c3)ccc12. The van der Waals surface area contributed by atoms with Crippen molar-refractivity contribution >= 4 is 38.3 Å². The maximum atomic E-state index is 12.2. The van der Waals surface area contributed by atoms with Crippen molar-refractivity contribution < 1.29 is 13.2 Å². The molecule has 1 heterocycles. The summed E-state index contributed by atoms with van der Waals surface area (Å²) in [5.41, 5.74) is 3.16. The number of H-pyrrole nitrogens is 1. The van der Waals surface area contributed by atoms with Crippen molar-refractivity contribution in [3.8, 4) is 11.1 Å². The van der Waals surface area contributed by atoms with Gasteiger partial charge in [-0.3, -0.25) is 14.6 Å². The summed E-state index contributed by atoms with van der Waals surface area (Å²) < 4.78 is 27.0. The van der Waals surface area contributed by atoms with Crippen molar-refractivity contribution in [1.29, 1.82) is 0 Å². The fourth-order valence-electron chi connectivity index (χ4n) is 2.94. The highest BCUT2D eigenvalue weighted by molar-refractivity contribution is 7.93. The first-order valence-electron chi connectivity index (χ1n) is 9.24. The molecule has 28 heavy (non-hydrogen) atoms. The lowest BCUT2D eigenvalue weighted by atomic mass is 10.0. The summed E-state index contributed by atoms with van der Waals surface area (Å²) in [5.74, 6) is 0.285. The molecule has 2 aromatic carbocycles. The fraction of sp³-hybridized carbons (Fsp3) is 0.300. The van der Waals surface area contributed by atoms with Crippen LogP contribution in [0, 0.1) is 5.92 Å². The summed E-state index contributed by atoms with van der Waals surface area (Å²) in [6.45, 7) is 3.65. The number of hydrogen-bond donors (Lipinski definition) is 3. The van der Waals surface area contributed by atoms with E-state index in [9.17, 15) is 13.2 Å². The van der Waals surface area contributed by atoms with Gasteiger partial charge in [0.2, 0.25) is 15.9 Å². The van der Waals surface area contributed by atoms with Gasteiger partial charge in [0, 0.05) is 17.0 Å². The van der Waals surface area contributed by atoms with E-state index in [0.29, 0.717) is 11.5 Å². The normalized spacial score (nSPS) is 14.4. The topological polar surface area (TPSA) is 104 Å². The van der Waals surface area contributed by atoms with Gasteiger partial charge in [0.25, 0.3) is 0 Å². The first-order valence-corrected chi connectivity index (χ1v) is 10.8. The molecule has 0 spiro atoms. The van der Waals surface area contributed by atoms with Crippen LogP contribution in [0.15, 0.2) is 42.5 Å². The zero-order valence-corrected chi connectivity index (χ0v) is 16.5. The number of carbonyl (C=O) groups is 1. The molecule has 4 rings (SSSR count). The fourth-order valence-corrected chi connectivity index (χ4v) is 4.32. The molecule has 1 aromatic heterocycles. The maximum absolute atomic E-state index is 12.2. The predicted octanol–water partition coefficient (Wildman–Crippen LogP) is 3.73. The summed E-state index contributed by atoms with van der Waals surface area (Å²) in [6.07, 6.45) is 1.45. The quantitative estimate of drug-likeness (QED) is 0.588. The van der Waals surface area contributed by atoms with Gasteiger partial charge in [0.1, 0.15) is 0 Å². The summed E-state index contributed by atoms with van der Waals surface area (Å²) in [7, 11) is -3.30. The van der Waals surface area contributed by atoms with E-state index in [2.05, 4.69) is 20.2 Å². The summed E-state index contributed by atoms with van der Waals surface area (Å²) in [4.78, 5) is 11.9. The second-order valence-corrected chi connectivity index (χ2v) is 9.36. The smallest absolute Gasteiger partial charge is 0.235 e. The number of sulfonamides is 1. The van der Waals surface area contributed by atoms with Gasteiger partial charge in [-0.1, -0.05) is 32.0 Å². The van der Waals surface area contributed by atoms with Gasteiger partial charge in [-0.25, -0.2) is 8.42 Å². The third-order valence-corrected chi connectivity index (χ3v) is 6.62. The molecule has 0 bridgehead atoms. The lowest BCUT2D eigenvalue weighted by Crippen LogP contribution is -2.18. The van der Waals surface area contributed by atoms with Gasteiger partial charge >= 0.3 is 0 Å². The van der Waals surface area contributed by atoms with Crippen LogP contribution in [-0.2, 0) is 14.8 Å². The lowest BCUT2D eigenvalue weighted by molar-refractivity contribution is -0.118. The third kappa shape index (κ3) is 3.73. The summed E-state index contributed by atoms with van der Waals surface area (Å²) >= 11 is 0. The summed E-state index contributed by atoms with van der Waals surface area (Å²) in [5, 5.41) is 10.5. The Morgan fingerprint density at radius 1 is 1.14 bits per heavy atom. The number of amides is 1. The maximum Gasteiger partial charge on any atom is 0.235 e. The molecule has 1 saturated carbocycles. The number of hydrogen-bond acceptors (Lipinski definition) is 4. The average molecular weight is 398 g/mol. The van der Waals surface area contributed by atoms with Crippen LogP contribution < -0.4 is 10.0 Å². The molecule has 1 amide bonds. The van der Waals surface area contributed by atoms with Gasteiger partial charge in [-0.2, -0.15) is 5.10 Å². The Bertz CT molecular complexity index is 1150. The van der Waals surface area contributed by atoms with Crippen molar-refractivity contribution in [3.63, 3.8) is 0 Å². The number of aromatic nitrogens is 2. The van der Waals surface area contributed by atoms with E-state index in [4.69, 9.17) is 0 Å². The molecule has 0 radical (unpaired) electrons. The van der Waals surface area contributed by atoms with Crippen LogP contribution in [0.2, 0.25) is 0 Å². The van der Waals surface area contributed by atoms with Crippen LogP contribution in [-0.4, -0.2) is 29.8 Å². The van der Waals surface area contributed by atoms with Gasteiger partial charge in [-0.15, -0.1) is 0 Å². The minimum Gasteiger partial charge on any atom is -0.308 e. The van der Waals surface area contributed by atoms with Crippen LogP contribution in [0.25, 0.3) is 22.0 Å². The number of aromatic amines is 1. The molecule has 3 N–H and O–H groups in total. The number of carbonyl (C=O) groups excluding carboxylic acids is 1. The van der Waals surface area contributed by atoms with Crippen LogP contribution in [0.3, 0.4) is 0 Å². The molecule has 7 nitrogen and oxygen atoms in total. The minimum atomic E-state index is -3.30. The molecular formula is C20H22N4O3S. The number of fused-ring (bicyclic) bond motifs is 1. The highest BCUT2D eigenvalue weighted by atomic mass is 32.2. The second-order valence-electron chi connectivity index (χ2n) is 7.40. The molecule has 1 aliphatic carbocycles. The zero-order chi connectivity index (χ0) is 19.9. The minimum absolute atomic E-state index is 0.0897. The van der Waals surface area contributed by atoms with Crippen molar-refractivity contribution in [2.45, 2.75) is 31.9 Å². The molecule has 146 valence electrons. The first-order chi connectivity index (χ1) is 13.3. The van der Waals surface area contributed by atoms with Gasteiger partial charge < -0.3 is 5.32 Å². The van der Waals surface area contributed by atoms with Crippen LogP contribution in [0.4, 0.5) is 11.5 Å². The Hall–Kier alpha value is -2.87. The van der Waals surface area contributed by atoms with Crippen molar-refractivity contribution in [1.82, 2.24) is 10.2 Å². The van der Waals surface area contributed by atoms with Crippen molar-refractivity contribution in [2.75, 3.05) is 10.0 Å². The number of rotatable bonds is 6. The molecule has 1 fully saturated rings. The number of nitrogens with one attached hydrogen (secondary N) is 3. The Kier molecular flexibility index (Phi) is 4.58. The van der Waals surface area contributed by atoms with E-state index in [1.807, 2.05) is 50.2 Å². The Labute approximate surface area is 163 Å². The van der Waals surface area contributed by atoms with E-state index >= 15 is 0 Å². The van der Waals surface area contributed by atoms with E-state index in [-0.39, 0.29) is 17.1 Å². The molecule has 0 aliphatic heterocycles. The highest BCUT2D eigenvalue weighted by Crippen LogP contribution is 2.32. The largest absolute Gasteiger partial charge is 0.308 e. The summed E-state index contributed by atoms with van der Waals surface area (Å²) in [6, 6.07) is 13.1. The first kappa shape index (κ1) is 18.5. The van der Waals surface area contributed by atoms with E-state index < -0.39 is 10.0 Å². The monoisotopic (exact) mass is 398 g/mol. The van der Waals surface area contributed by atoms with Crippen LogP contribution >= 0.6 is 0 Å². The standard InChI is InChI=1S/C20H22N4O3S/c1-12(2)20(25)21-19-17-9-6-14(11-18(17)22-23-19)13-4-3-5-15(10-13)24-28(26,27)16-7-8-16/h3-6,9-12,16,24H,7-8H2,1-2H3,(H2,21,22,23,25). The van der Waals surface area contributed by atoms with E-state index in [1.165, 1.54) is 0 Å². The van der Waals surface area contributed by atoms with Gasteiger partial charge in [0.05, 0.1) is 10.8 Å². The second kappa shape index (κ2) is 6.94. The molecule has 0 atom stereocenters. The Balaban J connectivity index is 1.61. The van der Waals surface area contributed by atoms with Crippen LogP contribution in [0.5, 0.6) is 0 Å². The zero-order valence-electron chi connectivity index (χ0n) is 15.7. The van der Waals surface area contributed by atoms with E-state index in [1.54, 1.807) is 6.07 Å². The third-order valence-electron chi connectivity index (χ3n) is 4.75. The molecule has 0 saturated heterocycles. The number of anilines is 2. The van der Waals surface area contributed by atoms with Crippen molar-refractivity contribution in [3.05, 3.63) is 42.5 Å². The highest BCUT2D eigenvalue weighted by Gasteiger charge is 2.35. The molecule has 8 heteroatoms. The number of benzene rings is 2. The van der Waals surface area contributed by atoms with Crippen LogP contribution in [0.1, 0.15) is 26.7 Å². The Morgan fingerprint density at radius 3 is 2.61 bits per heavy atom. The van der Waals surface area contributed by atoms with Crippen molar-refractivity contribution in [2.24, 2.45) is 5.92 Å². The average Bonchev–Trinajstić information content (AvgIpc) is 3.45. The Morgan fingerprint density at radius 2 is 1.89 bits per heavy atom. The van der Waals surface area contributed by atoms with Gasteiger partial charge in [-0.05, 0) is 48.2 Å². The predicted molar refractivity (Wildman–Crippen MR) is 111 cm³/mol. The molecule has 0 unspecified atom stereocenters.